The third-order valence-corrected chi connectivity index (χ3v) is 4.54. The minimum absolute atomic E-state index is 0.173. The van der Waals surface area contributed by atoms with Crippen molar-refractivity contribution >= 4 is 22.0 Å². The summed E-state index contributed by atoms with van der Waals surface area (Å²) < 4.78 is 0. The summed E-state index contributed by atoms with van der Waals surface area (Å²) >= 11 is 3.51. The smallest absolute Gasteiger partial charge is 0.317 e. The fraction of sp³-hybridized carbons (Fsp3) is 0.923. The van der Waals surface area contributed by atoms with Crippen LogP contribution in [-0.2, 0) is 0 Å². The lowest BCUT2D eigenvalue weighted by molar-refractivity contribution is 0.196. The summed E-state index contributed by atoms with van der Waals surface area (Å²) in [7, 11) is 0. The second-order valence-electron chi connectivity index (χ2n) is 5.34. The molecule has 2 rings (SSSR count). The molecule has 3 nitrogen and oxygen atoms in total. The van der Waals surface area contributed by atoms with Crippen molar-refractivity contribution in [3.05, 3.63) is 0 Å². The van der Waals surface area contributed by atoms with Crippen LogP contribution in [-0.4, -0.2) is 35.4 Å². The maximum absolute atomic E-state index is 11.9. The molecule has 0 radical (unpaired) electrons. The number of nitrogens with zero attached hydrogens (tertiary/aromatic N) is 1. The number of hydrogen-bond acceptors (Lipinski definition) is 1. The van der Waals surface area contributed by atoms with E-state index in [4.69, 9.17) is 0 Å². The molecule has 2 fully saturated rings. The first kappa shape index (κ1) is 13.2. The lowest BCUT2D eigenvalue weighted by Gasteiger charge is -2.30. The van der Waals surface area contributed by atoms with Gasteiger partial charge in [-0.15, -0.1) is 0 Å². The zero-order chi connectivity index (χ0) is 12.1. The van der Waals surface area contributed by atoms with Crippen LogP contribution in [0.25, 0.3) is 0 Å². The first-order chi connectivity index (χ1) is 8.29. The summed E-state index contributed by atoms with van der Waals surface area (Å²) in [5, 5.41) is 4.31. The minimum atomic E-state index is 0.173. The van der Waals surface area contributed by atoms with Crippen LogP contribution in [0, 0.1) is 5.92 Å². The lowest BCUT2D eigenvalue weighted by Crippen LogP contribution is -2.44. The topological polar surface area (TPSA) is 32.3 Å². The summed E-state index contributed by atoms with van der Waals surface area (Å²) in [5.74, 6) is 0.870. The van der Waals surface area contributed by atoms with E-state index in [1.165, 1.54) is 32.1 Å². The Bertz CT molecular complexity index is 246. The fourth-order valence-corrected chi connectivity index (χ4v) is 3.58. The number of rotatable bonds is 3. The zero-order valence-corrected chi connectivity index (χ0v) is 12.0. The number of urea groups is 1. The van der Waals surface area contributed by atoms with Crippen molar-refractivity contribution in [3.8, 4) is 0 Å². The molecule has 0 unspecified atom stereocenters. The normalized spacial score (nSPS) is 29.4. The van der Waals surface area contributed by atoms with Gasteiger partial charge in [0.05, 0.1) is 0 Å². The molecule has 1 aliphatic heterocycles. The second kappa shape index (κ2) is 6.62. The van der Waals surface area contributed by atoms with Gasteiger partial charge in [-0.2, -0.15) is 0 Å². The molecule has 4 heteroatoms. The quantitative estimate of drug-likeness (QED) is 0.798. The Hall–Kier alpha value is -0.250. The van der Waals surface area contributed by atoms with Crippen molar-refractivity contribution in [1.82, 2.24) is 10.2 Å². The molecule has 0 aromatic carbocycles. The van der Waals surface area contributed by atoms with Gasteiger partial charge in [0.1, 0.15) is 0 Å². The first-order valence-electron chi connectivity index (χ1n) is 6.91. The molecular weight excluding hydrogens is 280 g/mol. The van der Waals surface area contributed by atoms with Crippen LogP contribution in [0.4, 0.5) is 4.79 Å². The maximum Gasteiger partial charge on any atom is 0.317 e. The number of nitrogens with one attached hydrogen (secondary N) is 1. The third kappa shape index (κ3) is 3.87. The van der Waals surface area contributed by atoms with E-state index in [0.29, 0.717) is 6.04 Å². The number of alkyl halides is 1. The molecular formula is C13H23BrN2O. The average molecular weight is 303 g/mol. The van der Waals surface area contributed by atoms with Crippen LogP contribution in [0.15, 0.2) is 0 Å². The largest absolute Gasteiger partial charge is 0.335 e. The Morgan fingerprint density at radius 1 is 1.18 bits per heavy atom. The van der Waals surface area contributed by atoms with Gasteiger partial charge in [-0.25, -0.2) is 4.79 Å². The highest BCUT2D eigenvalue weighted by molar-refractivity contribution is 9.09. The van der Waals surface area contributed by atoms with Gasteiger partial charge in [-0.1, -0.05) is 15.9 Å². The van der Waals surface area contributed by atoms with Gasteiger partial charge in [0.25, 0.3) is 0 Å². The molecule has 0 spiro atoms. The van der Waals surface area contributed by atoms with Gasteiger partial charge < -0.3 is 10.2 Å². The van der Waals surface area contributed by atoms with Crippen molar-refractivity contribution in [2.75, 3.05) is 18.4 Å². The second-order valence-corrected chi connectivity index (χ2v) is 6.13. The van der Waals surface area contributed by atoms with Crippen molar-refractivity contribution in [2.24, 2.45) is 5.92 Å². The third-order valence-electron chi connectivity index (χ3n) is 4.08. The molecule has 17 heavy (non-hydrogen) atoms. The molecule has 0 bridgehead atoms. The van der Waals surface area contributed by atoms with Crippen LogP contribution in [0.2, 0.25) is 0 Å². The van der Waals surface area contributed by atoms with E-state index in [0.717, 1.165) is 37.2 Å². The average Bonchev–Trinajstić information content (AvgIpc) is 2.86. The molecule has 1 heterocycles. The van der Waals surface area contributed by atoms with Gasteiger partial charge in [0, 0.05) is 24.5 Å². The summed E-state index contributed by atoms with van der Waals surface area (Å²) in [5.41, 5.74) is 0. The van der Waals surface area contributed by atoms with E-state index in [9.17, 15) is 4.79 Å². The summed E-state index contributed by atoms with van der Waals surface area (Å²) in [6.45, 7) is 1.90. The van der Waals surface area contributed by atoms with E-state index in [1.807, 2.05) is 4.90 Å². The monoisotopic (exact) mass is 302 g/mol. The van der Waals surface area contributed by atoms with Gasteiger partial charge in [-0.3, -0.25) is 0 Å². The zero-order valence-electron chi connectivity index (χ0n) is 10.5. The summed E-state index contributed by atoms with van der Waals surface area (Å²) in [6, 6.07) is 0.598. The number of carbonyl (C=O) groups is 1. The van der Waals surface area contributed by atoms with Crippen molar-refractivity contribution in [2.45, 2.75) is 51.0 Å². The van der Waals surface area contributed by atoms with Gasteiger partial charge in [-0.05, 0) is 50.9 Å². The highest BCUT2D eigenvalue weighted by atomic mass is 79.9. The Morgan fingerprint density at radius 2 is 1.82 bits per heavy atom. The van der Waals surface area contributed by atoms with Gasteiger partial charge >= 0.3 is 6.03 Å². The SMILES string of the molecule is O=C(N[C@H]1CC[C@H](CCBr)CC1)N1CCCC1. The summed E-state index contributed by atoms with van der Waals surface area (Å²) in [6.07, 6.45) is 8.51. The van der Waals surface area contributed by atoms with Crippen LogP contribution in [0.5, 0.6) is 0 Å². The molecule has 98 valence electrons. The molecule has 0 aromatic heterocycles. The Morgan fingerprint density at radius 3 is 2.41 bits per heavy atom. The van der Waals surface area contributed by atoms with Crippen LogP contribution >= 0.6 is 15.9 Å². The van der Waals surface area contributed by atoms with Gasteiger partial charge in [0.2, 0.25) is 0 Å². The highest BCUT2D eigenvalue weighted by Crippen LogP contribution is 2.27. The standard InChI is InChI=1S/C13H23BrN2O/c14-8-7-11-3-5-12(6-4-11)15-13(17)16-9-1-2-10-16/h11-12H,1-10H2,(H,15,17)/t11-,12-. The van der Waals surface area contributed by atoms with Crippen LogP contribution in [0.1, 0.15) is 44.9 Å². The Balaban J connectivity index is 1.68. The number of likely N-dealkylation sites (tertiary alicyclic amines) is 1. The van der Waals surface area contributed by atoms with Crippen molar-refractivity contribution in [3.63, 3.8) is 0 Å². The van der Waals surface area contributed by atoms with Crippen LogP contribution in [0.3, 0.4) is 0 Å². The van der Waals surface area contributed by atoms with E-state index >= 15 is 0 Å². The van der Waals surface area contributed by atoms with Crippen molar-refractivity contribution < 1.29 is 4.79 Å². The highest BCUT2D eigenvalue weighted by Gasteiger charge is 2.24. The molecule has 2 aliphatic rings. The van der Waals surface area contributed by atoms with Crippen LogP contribution < -0.4 is 5.32 Å². The molecule has 1 saturated heterocycles. The maximum atomic E-state index is 11.9. The van der Waals surface area contributed by atoms with E-state index < -0.39 is 0 Å². The van der Waals surface area contributed by atoms with Crippen molar-refractivity contribution in [1.29, 1.82) is 0 Å². The number of hydrogen-bond donors (Lipinski definition) is 1. The van der Waals surface area contributed by atoms with E-state index in [-0.39, 0.29) is 6.03 Å². The molecule has 1 N–H and O–H groups in total. The van der Waals surface area contributed by atoms with E-state index in [1.54, 1.807) is 0 Å². The Labute approximate surface area is 112 Å². The fourth-order valence-electron chi connectivity index (χ4n) is 2.94. The molecule has 0 aromatic rings. The minimum Gasteiger partial charge on any atom is -0.335 e. The first-order valence-corrected chi connectivity index (χ1v) is 8.03. The van der Waals surface area contributed by atoms with E-state index in [2.05, 4.69) is 21.2 Å². The van der Waals surface area contributed by atoms with Gasteiger partial charge in [0.15, 0.2) is 0 Å². The molecule has 0 atom stereocenters. The Kier molecular flexibility index (Phi) is 5.14. The summed E-state index contributed by atoms with van der Waals surface area (Å²) in [4.78, 5) is 13.9. The molecule has 1 saturated carbocycles. The number of carbonyl (C=O) groups excluding carboxylic acids is 1. The number of halogens is 1. The predicted molar refractivity (Wildman–Crippen MR) is 73.5 cm³/mol. The molecule has 2 amide bonds. The predicted octanol–water partition coefficient (Wildman–Crippen LogP) is 3.14. The molecule has 1 aliphatic carbocycles. The number of amides is 2. The lowest BCUT2D eigenvalue weighted by atomic mass is 9.84.